The van der Waals surface area contributed by atoms with Crippen LogP contribution in [0.25, 0.3) is 50.2 Å². The van der Waals surface area contributed by atoms with E-state index in [9.17, 15) is 0 Å². The summed E-state index contributed by atoms with van der Waals surface area (Å²) >= 11 is 0. The van der Waals surface area contributed by atoms with Crippen molar-refractivity contribution in [3.05, 3.63) is 79.5 Å². The van der Waals surface area contributed by atoms with E-state index in [1.807, 2.05) is 53.4 Å². The fourth-order valence-corrected chi connectivity index (χ4v) is 6.16. The lowest BCUT2D eigenvalue weighted by atomic mass is 9.99. The third-order valence-corrected chi connectivity index (χ3v) is 8.08. The van der Waals surface area contributed by atoms with Gasteiger partial charge < -0.3 is 4.90 Å². The summed E-state index contributed by atoms with van der Waals surface area (Å²) in [6.45, 7) is 2.15. The maximum absolute atomic E-state index is 5.12. The van der Waals surface area contributed by atoms with Crippen LogP contribution >= 0.6 is 0 Å². The lowest BCUT2D eigenvalue weighted by molar-refractivity contribution is 0.292. The van der Waals surface area contributed by atoms with Crippen LogP contribution in [0.1, 0.15) is 6.42 Å². The number of hydrogen-bond donors (Lipinski definition) is 1. The van der Waals surface area contributed by atoms with Gasteiger partial charge in [-0.3, -0.25) is 15.0 Å². The zero-order chi connectivity index (χ0) is 25.2. The van der Waals surface area contributed by atoms with Gasteiger partial charge in [-0.1, -0.05) is 12.1 Å². The summed E-state index contributed by atoms with van der Waals surface area (Å²) in [7, 11) is 2.22. The first kappa shape index (κ1) is 21.5. The van der Waals surface area contributed by atoms with Gasteiger partial charge in [-0.15, -0.1) is 0 Å². The van der Waals surface area contributed by atoms with Gasteiger partial charge in [0.25, 0.3) is 0 Å². The Morgan fingerprint density at radius 2 is 1.79 bits per heavy atom. The van der Waals surface area contributed by atoms with Crippen molar-refractivity contribution in [1.29, 1.82) is 0 Å². The molecule has 5 aromatic heterocycles. The van der Waals surface area contributed by atoms with Crippen molar-refractivity contribution in [2.45, 2.75) is 18.5 Å². The van der Waals surface area contributed by atoms with Crippen LogP contribution in [-0.4, -0.2) is 71.9 Å². The summed E-state index contributed by atoms with van der Waals surface area (Å²) < 4.78 is 1.94. The number of rotatable bonds is 4. The summed E-state index contributed by atoms with van der Waals surface area (Å²) in [5, 5.41) is 13.5. The maximum Gasteiger partial charge on any atom is 0.164 e. The number of piperazine rings is 1. The van der Waals surface area contributed by atoms with E-state index in [4.69, 9.17) is 15.1 Å². The lowest BCUT2D eigenvalue weighted by Crippen LogP contribution is -2.44. The second-order valence-electron chi connectivity index (χ2n) is 10.2. The number of aromatic amines is 1. The molecule has 7 heterocycles. The van der Waals surface area contributed by atoms with Crippen LogP contribution < -0.4 is 4.90 Å². The molecule has 2 aliphatic heterocycles. The number of H-pyrrole nitrogens is 1. The third kappa shape index (κ3) is 3.18. The Labute approximate surface area is 218 Å². The molecule has 2 bridgehead atoms. The first-order valence-electron chi connectivity index (χ1n) is 12.9. The van der Waals surface area contributed by atoms with Gasteiger partial charge in [0.2, 0.25) is 0 Å². The van der Waals surface area contributed by atoms with E-state index in [0.29, 0.717) is 12.1 Å². The molecule has 0 saturated carbocycles. The summed E-state index contributed by atoms with van der Waals surface area (Å²) in [6.07, 6.45) is 10.5. The van der Waals surface area contributed by atoms with Crippen LogP contribution in [0, 0.1) is 0 Å². The van der Waals surface area contributed by atoms with Gasteiger partial charge in [0.05, 0.1) is 23.0 Å². The Morgan fingerprint density at radius 3 is 2.58 bits per heavy atom. The molecule has 2 saturated heterocycles. The fourth-order valence-electron chi connectivity index (χ4n) is 6.16. The summed E-state index contributed by atoms with van der Waals surface area (Å²) in [4.78, 5) is 18.8. The molecule has 0 amide bonds. The highest BCUT2D eigenvalue weighted by Gasteiger charge is 2.41. The Bertz CT molecular complexity index is 1790. The molecular weight excluding hydrogens is 474 g/mol. The monoisotopic (exact) mass is 499 g/mol. The zero-order valence-corrected chi connectivity index (χ0v) is 20.9. The van der Waals surface area contributed by atoms with E-state index >= 15 is 0 Å². The zero-order valence-electron chi connectivity index (χ0n) is 20.9. The van der Waals surface area contributed by atoms with Crippen molar-refractivity contribution in [2.75, 3.05) is 25.0 Å². The molecule has 2 aliphatic rings. The number of hydrogen-bond acceptors (Lipinski definition) is 7. The second-order valence-corrected chi connectivity index (χ2v) is 10.2. The number of likely N-dealkylation sites (tertiary alicyclic amines) is 1. The maximum atomic E-state index is 5.12. The normalized spacial score (nSPS) is 19.2. The summed E-state index contributed by atoms with van der Waals surface area (Å²) in [6, 6.07) is 17.6. The number of anilines is 1. The van der Waals surface area contributed by atoms with Crippen LogP contribution in [0.5, 0.6) is 0 Å². The van der Waals surface area contributed by atoms with Gasteiger partial charge in [-0.2, -0.15) is 10.2 Å². The van der Waals surface area contributed by atoms with Gasteiger partial charge >= 0.3 is 0 Å². The minimum atomic E-state index is 0.554. The largest absolute Gasteiger partial charge is 0.351 e. The minimum absolute atomic E-state index is 0.554. The van der Waals surface area contributed by atoms with E-state index in [1.165, 1.54) is 6.42 Å². The van der Waals surface area contributed by atoms with Gasteiger partial charge in [0.15, 0.2) is 5.65 Å². The molecule has 0 radical (unpaired) electrons. The van der Waals surface area contributed by atoms with Crippen molar-refractivity contribution < 1.29 is 0 Å². The highest BCUT2D eigenvalue weighted by atomic mass is 15.4. The van der Waals surface area contributed by atoms with Crippen LogP contribution in [0.2, 0.25) is 0 Å². The van der Waals surface area contributed by atoms with Crippen LogP contribution in [0.15, 0.2) is 79.5 Å². The number of aromatic nitrogens is 7. The van der Waals surface area contributed by atoms with Crippen LogP contribution in [-0.2, 0) is 0 Å². The molecule has 8 rings (SSSR count). The smallest absolute Gasteiger partial charge is 0.164 e. The summed E-state index contributed by atoms with van der Waals surface area (Å²) in [5.74, 6) is 1.05. The predicted molar refractivity (Wildman–Crippen MR) is 147 cm³/mol. The number of likely N-dealkylation sites (N-methyl/N-ethyl adjacent to an activating group) is 1. The number of nitrogens with one attached hydrogen (secondary N) is 1. The number of fused-ring (bicyclic) bond motifs is 4. The average molecular weight is 500 g/mol. The molecule has 2 fully saturated rings. The van der Waals surface area contributed by atoms with Crippen LogP contribution in [0.3, 0.4) is 0 Å². The lowest BCUT2D eigenvalue weighted by Gasteiger charge is -2.32. The first-order chi connectivity index (χ1) is 18.7. The Balaban J connectivity index is 1.28. The van der Waals surface area contributed by atoms with E-state index in [1.54, 1.807) is 12.4 Å². The van der Waals surface area contributed by atoms with Gasteiger partial charge in [-0.25, -0.2) is 14.5 Å². The van der Waals surface area contributed by atoms with E-state index in [0.717, 1.165) is 69.1 Å². The molecule has 1 aromatic carbocycles. The average Bonchev–Trinajstić information content (AvgIpc) is 3.75. The molecular formula is C29H25N9. The van der Waals surface area contributed by atoms with Gasteiger partial charge in [-0.05, 0) is 55.4 Å². The van der Waals surface area contributed by atoms with Crippen molar-refractivity contribution in [2.24, 2.45) is 0 Å². The molecule has 0 spiro atoms. The third-order valence-electron chi connectivity index (χ3n) is 8.08. The summed E-state index contributed by atoms with van der Waals surface area (Å²) in [5.41, 5.74) is 7.53. The molecule has 6 aromatic rings. The molecule has 186 valence electrons. The fraction of sp³-hybridized carbons (Fsp3) is 0.207. The second kappa shape index (κ2) is 8.19. The van der Waals surface area contributed by atoms with Gasteiger partial charge in [0.1, 0.15) is 11.5 Å². The topological polar surface area (TPSA) is 91.1 Å². The minimum Gasteiger partial charge on any atom is -0.351 e. The van der Waals surface area contributed by atoms with Crippen molar-refractivity contribution in [3.8, 4) is 33.6 Å². The molecule has 9 heteroatoms. The molecule has 0 unspecified atom stereocenters. The molecule has 38 heavy (non-hydrogen) atoms. The molecule has 2 atom stereocenters. The first-order valence-corrected chi connectivity index (χ1v) is 12.9. The van der Waals surface area contributed by atoms with E-state index < -0.39 is 0 Å². The Kier molecular flexibility index (Phi) is 4.62. The SMILES string of the molecule is CN1C[C@H]2C[C@@H]1CN2c1ccc(-c2ccnc3c(-c4cccc5[nH]ncc45)c(-c4ccncc4)nn23)cn1. The van der Waals surface area contributed by atoms with E-state index in [2.05, 4.69) is 50.2 Å². The number of nitrogens with zero attached hydrogens (tertiary/aromatic N) is 8. The predicted octanol–water partition coefficient (Wildman–Crippen LogP) is 4.29. The van der Waals surface area contributed by atoms with Crippen molar-refractivity contribution in [3.63, 3.8) is 0 Å². The Hall–Kier alpha value is -4.63. The standard InChI is InChI=1S/C29H25N9/c1-36-16-21-13-20(36)17-37(21)26-6-5-19(14-32-26)25-9-12-31-29-27(22-3-2-4-24-23(22)15-33-34-24)28(35-38(25)29)18-7-10-30-11-8-18/h2-12,14-15,20-21H,13,16-17H2,1H3,(H,33,34)/t20-,21-/m1/s1. The molecule has 9 nitrogen and oxygen atoms in total. The number of pyridine rings is 2. The van der Waals surface area contributed by atoms with Crippen LogP contribution in [0.4, 0.5) is 5.82 Å². The van der Waals surface area contributed by atoms with Gasteiger partial charge in [0, 0.05) is 66.5 Å². The van der Waals surface area contributed by atoms with Crippen molar-refractivity contribution >= 4 is 22.4 Å². The quantitative estimate of drug-likeness (QED) is 0.387. The number of benzene rings is 1. The highest BCUT2D eigenvalue weighted by molar-refractivity contribution is 6.02. The molecule has 0 aliphatic carbocycles. The Morgan fingerprint density at radius 1 is 0.868 bits per heavy atom. The highest BCUT2D eigenvalue weighted by Crippen LogP contribution is 2.39. The van der Waals surface area contributed by atoms with Crippen molar-refractivity contribution in [1.82, 2.24) is 39.7 Å². The molecule has 1 N–H and O–H groups in total. The van der Waals surface area contributed by atoms with E-state index in [-0.39, 0.29) is 0 Å².